The molecule has 3 rings (SSSR count). The molecule has 0 spiro atoms. The van der Waals surface area contributed by atoms with E-state index in [1.54, 1.807) is 0 Å². The number of hydrogen-bond acceptors (Lipinski definition) is 3. The number of nitrogens with zero attached hydrogens (tertiary/aromatic N) is 1. The zero-order valence-corrected chi connectivity index (χ0v) is 18.5. The Kier molecular flexibility index (Phi) is 6.79. The number of esters is 1. The zero-order chi connectivity index (χ0) is 21.0. The van der Waals surface area contributed by atoms with Gasteiger partial charge in [-0.2, -0.15) is 0 Å². The highest BCUT2D eigenvalue weighted by Gasteiger charge is 2.41. The van der Waals surface area contributed by atoms with Crippen LogP contribution in [-0.4, -0.2) is 22.5 Å². The van der Waals surface area contributed by atoms with E-state index in [4.69, 9.17) is 4.74 Å². The van der Waals surface area contributed by atoms with E-state index in [1.165, 1.54) is 24.0 Å². The highest BCUT2D eigenvalue weighted by Crippen LogP contribution is 2.44. The molecule has 0 N–H and O–H groups in total. The summed E-state index contributed by atoms with van der Waals surface area (Å²) in [6, 6.07) is 21.8. The lowest BCUT2D eigenvalue weighted by atomic mass is 9.95. The molecule has 3 nitrogen and oxygen atoms in total. The van der Waals surface area contributed by atoms with Crippen LogP contribution < -0.4 is 0 Å². The van der Waals surface area contributed by atoms with E-state index in [1.807, 2.05) is 20.8 Å². The zero-order valence-electron chi connectivity index (χ0n) is 18.5. The molecule has 0 bridgehead atoms. The second-order valence-corrected chi connectivity index (χ2v) is 9.32. The van der Waals surface area contributed by atoms with Crippen LogP contribution in [0.15, 0.2) is 60.7 Å². The van der Waals surface area contributed by atoms with Crippen molar-refractivity contribution in [3.05, 3.63) is 71.8 Å². The molecule has 1 aliphatic rings. The van der Waals surface area contributed by atoms with Gasteiger partial charge in [0.15, 0.2) is 0 Å². The predicted octanol–water partition coefficient (Wildman–Crippen LogP) is 6.32. The molecule has 0 heterocycles. The van der Waals surface area contributed by atoms with Gasteiger partial charge in [-0.05, 0) is 64.5 Å². The summed E-state index contributed by atoms with van der Waals surface area (Å²) < 4.78 is 5.70. The van der Waals surface area contributed by atoms with Gasteiger partial charge >= 0.3 is 5.97 Å². The lowest BCUT2D eigenvalue weighted by molar-refractivity contribution is -0.157. The number of carbonyl (C=O) groups is 1. The van der Waals surface area contributed by atoms with Crippen LogP contribution in [0.1, 0.15) is 77.1 Å². The van der Waals surface area contributed by atoms with Crippen LogP contribution in [0.25, 0.3) is 0 Å². The van der Waals surface area contributed by atoms with Crippen molar-refractivity contribution < 1.29 is 9.53 Å². The van der Waals surface area contributed by atoms with E-state index in [-0.39, 0.29) is 24.1 Å². The Bertz CT molecular complexity index is 732. The molecule has 29 heavy (non-hydrogen) atoms. The van der Waals surface area contributed by atoms with Crippen molar-refractivity contribution in [2.75, 3.05) is 0 Å². The minimum Gasteiger partial charge on any atom is -0.460 e. The van der Waals surface area contributed by atoms with E-state index in [0.717, 1.165) is 0 Å². The Morgan fingerprint density at radius 3 is 1.76 bits per heavy atom. The molecule has 1 aliphatic carbocycles. The van der Waals surface area contributed by atoms with E-state index in [9.17, 15) is 4.79 Å². The summed E-state index contributed by atoms with van der Waals surface area (Å²) in [4.78, 5) is 15.3. The van der Waals surface area contributed by atoms with Gasteiger partial charge in [-0.1, -0.05) is 60.7 Å². The monoisotopic (exact) mass is 393 g/mol. The van der Waals surface area contributed by atoms with Crippen molar-refractivity contribution in [2.24, 2.45) is 5.92 Å². The van der Waals surface area contributed by atoms with Gasteiger partial charge in [0.05, 0.1) is 6.42 Å². The van der Waals surface area contributed by atoms with Crippen molar-refractivity contribution in [3.8, 4) is 0 Å². The average molecular weight is 394 g/mol. The lowest BCUT2D eigenvalue weighted by Gasteiger charge is -2.41. The maximum Gasteiger partial charge on any atom is 0.307 e. The predicted molar refractivity (Wildman–Crippen MR) is 119 cm³/mol. The Morgan fingerprint density at radius 1 is 0.931 bits per heavy atom. The molecule has 1 fully saturated rings. The molecule has 156 valence electrons. The number of benzene rings is 2. The summed E-state index contributed by atoms with van der Waals surface area (Å²) >= 11 is 0. The van der Waals surface area contributed by atoms with Gasteiger partial charge < -0.3 is 4.74 Å². The van der Waals surface area contributed by atoms with Crippen LogP contribution in [0.4, 0.5) is 0 Å². The number of ether oxygens (including phenoxy) is 1. The third-order valence-corrected chi connectivity index (χ3v) is 5.80. The van der Waals surface area contributed by atoms with E-state index < -0.39 is 5.60 Å². The van der Waals surface area contributed by atoms with Gasteiger partial charge in [0.25, 0.3) is 0 Å². The first-order chi connectivity index (χ1) is 13.8. The normalized spacial score (nSPS) is 17.6. The largest absolute Gasteiger partial charge is 0.460 e. The van der Waals surface area contributed by atoms with Crippen LogP contribution in [0.2, 0.25) is 0 Å². The highest BCUT2D eigenvalue weighted by molar-refractivity contribution is 5.70. The van der Waals surface area contributed by atoms with Crippen LogP contribution in [0.3, 0.4) is 0 Å². The van der Waals surface area contributed by atoms with E-state index in [2.05, 4.69) is 79.4 Å². The summed E-state index contributed by atoms with van der Waals surface area (Å²) in [6.45, 7) is 10.3. The molecular formula is C26H35NO2. The van der Waals surface area contributed by atoms with Gasteiger partial charge in [-0.25, -0.2) is 0 Å². The molecule has 0 saturated heterocycles. The number of carbonyl (C=O) groups excluding carboxylic acids is 1. The Hall–Kier alpha value is -2.13. The molecule has 0 aliphatic heterocycles. The SMILES string of the molecule is CC(c1ccccc1)N(C(C)c1ccccc1)C(CC(=O)OC(C)(C)C)C1CC1. The highest BCUT2D eigenvalue weighted by atomic mass is 16.6. The van der Waals surface area contributed by atoms with Crippen molar-refractivity contribution in [1.29, 1.82) is 0 Å². The standard InChI is InChI=1S/C26H35NO2/c1-19(21-12-8-6-9-13-21)27(20(2)22-14-10-7-11-15-22)24(23-16-17-23)18-25(28)29-26(3,4)5/h6-15,19-20,23-24H,16-18H2,1-5H3. The maximum atomic E-state index is 12.8. The fourth-order valence-corrected chi connectivity index (χ4v) is 4.27. The molecular weight excluding hydrogens is 358 g/mol. The molecule has 3 atom stereocenters. The minimum absolute atomic E-state index is 0.0973. The van der Waals surface area contributed by atoms with Gasteiger partial charge in [-0.15, -0.1) is 0 Å². The fourth-order valence-electron chi connectivity index (χ4n) is 4.27. The van der Waals surface area contributed by atoms with Crippen molar-refractivity contribution in [2.45, 2.75) is 77.6 Å². The molecule has 0 radical (unpaired) electrons. The number of hydrogen-bond donors (Lipinski definition) is 0. The van der Waals surface area contributed by atoms with Gasteiger partial charge in [0.2, 0.25) is 0 Å². The van der Waals surface area contributed by atoms with Crippen LogP contribution in [-0.2, 0) is 9.53 Å². The third-order valence-electron chi connectivity index (χ3n) is 5.80. The second-order valence-electron chi connectivity index (χ2n) is 9.32. The van der Waals surface area contributed by atoms with Gasteiger partial charge in [0, 0.05) is 18.1 Å². The van der Waals surface area contributed by atoms with Crippen LogP contribution in [0.5, 0.6) is 0 Å². The topological polar surface area (TPSA) is 29.5 Å². The van der Waals surface area contributed by atoms with E-state index in [0.29, 0.717) is 12.3 Å². The van der Waals surface area contributed by atoms with Crippen LogP contribution >= 0.6 is 0 Å². The first-order valence-electron chi connectivity index (χ1n) is 10.9. The molecule has 2 aromatic carbocycles. The summed E-state index contributed by atoms with van der Waals surface area (Å²) in [5.74, 6) is 0.458. The fraction of sp³-hybridized carbons (Fsp3) is 0.500. The first kappa shape index (κ1) is 21.6. The molecule has 0 amide bonds. The average Bonchev–Trinajstić information content (AvgIpc) is 3.52. The smallest absolute Gasteiger partial charge is 0.307 e. The lowest BCUT2D eigenvalue weighted by Crippen LogP contribution is -2.43. The summed E-state index contributed by atoms with van der Waals surface area (Å²) in [5, 5.41) is 0. The molecule has 3 unspecified atom stereocenters. The molecule has 1 saturated carbocycles. The van der Waals surface area contributed by atoms with Crippen molar-refractivity contribution in [1.82, 2.24) is 4.90 Å². The summed E-state index contributed by atoms with van der Waals surface area (Å²) in [7, 11) is 0. The second kappa shape index (κ2) is 9.13. The summed E-state index contributed by atoms with van der Waals surface area (Å²) in [6.07, 6.45) is 2.82. The third kappa shape index (κ3) is 5.93. The molecule has 2 aromatic rings. The van der Waals surface area contributed by atoms with Crippen molar-refractivity contribution >= 4 is 5.97 Å². The number of rotatable bonds is 8. The minimum atomic E-state index is -0.452. The first-order valence-corrected chi connectivity index (χ1v) is 10.9. The van der Waals surface area contributed by atoms with Crippen molar-refractivity contribution in [3.63, 3.8) is 0 Å². The molecule has 0 aromatic heterocycles. The quantitative estimate of drug-likeness (QED) is 0.491. The molecule has 3 heteroatoms. The van der Waals surface area contributed by atoms with Crippen LogP contribution in [0, 0.1) is 5.92 Å². The Morgan fingerprint density at radius 2 is 1.38 bits per heavy atom. The Balaban J connectivity index is 1.92. The maximum absolute atomic E-state index is 12.8. The van der Waals surface area contributed by atoms with Gasteiger partial charge in [0.1, 0.15) is 5.60 Å². The Labute approximate surface area is 176 Å². The van der Waals surface area contributed by atoms with E-state index >= 15 is 0 Å². The summed E-state index contributed by atoms with van der Waals surface area (Å²) in [5.41, 5.74) is 2.11. The van der Waals surface area contributed by atoms with Gasteiger partial charge in [-0.3, -0.25) is 9.69 Å².